The van der Waals surface area contributed by atoms with Gasteiger partial charge in [0.25, 0.3) is 0 Å². The van der Waals surface area contributed by atoms with Crippen molar-refractivity contribution in [2.75, 3.05) is 0 Å². The molecule has 0 saturated carbocycles. The largest absolute Gasteiger partial charge is 0.299 e. The number of benzene rings is 1. The van der Waals surface area contributed by atoms with E-state index in [0.29, 0.717) is 12.2 Å². The van der Waals surface area contributed by atoms with Crippen molar-refractivity contribution in [1.82, 2.24) is 0 Å². The Kier molecular flexibility index (Phi) is 3.24. The number of carbonyl (C=O) groups is 1. The van der Waals surface area contributed by atoms with Crippen LogP contribution < -0.4 is 0 Å². The molecule has 0 N–H and O–H groups in total. The second kappa shape index (κ2) is 4.22. The molecule has 70 valence electrons. The third kappa shape index (κ3) is 2.41. The van der Waals surface area contributed by atoms with Gasteiger partial charge < -0.3 is 0 Å². The van der Waals surface area contributed by atoms with Gasteiger partial charge in [-0.25, -0.2) is 0 Å². The minimum Gasteiger partial charge on any atom is -0.299 e. The second-order valence-electron chi connectivity index (χ2n) is 3.46. The van der Waals surface area contributed by atoms with Gasteiger partial charge in [-0.05, 0) is 12.5 Å². The quantitative estimate of drug-likeness (QED) is 0.691. The van der Waals surface area contributed by atoms with Crippen molar-refractivity contribution < 1.29 is 4.79 Å². The van der Waals surface area contributed by atoms with E-state index in [2.05, 4.69) is 6.07 Å². The molecule has 1 rings (SSSR count). The van der Waals surface area contributed by atoms with E-state index in [-0.39, 0.29) is 5.92 Å². The fourth-order valence-electron chi connectivity index (χ4n) is 1.43. The van der Waals surface area contributed by atoms with Gasteiger partial charge in [0, 0.05) is 12.3 Å². The SMILES string of the molecule is CCC(=O)[C@@H](C)c1cccc(C)c1. The lowest BCUT2D eigenvalue weighted by molar-refractivity contribution is -0.119. The maximum absolute atomic E-state index is 11.4. The summed E-state index contributed by atoms with van der Waals surface area (Å²) >= 11 is 0. The van der Waals surface area contributed by atoms with Crippen LogP contribution in [-0.4, -0.2) is 5.78 Å². The molecule has 0 aromatic heterocycles. The molecule has 0 heterocycles. The van der Waals surface area contributed by atoms with Crippen molar-refractivity contribution >= 4 is 5.78 Å². The van der Waals surface area contributed by atoms with Crippen molar-refractivity contribution in [3.8, 4) is 0 Å². The summed E-state index contributed by atoms with van der Waals surface area (Å²) < 4.78 is 0. The number of rotatable bonds is 3. The standard InChI is InChI=1S/C12H16O/c1-4-12(13)10(3)11-7-5-6-9(2)8-11/h5-8,10H,4H2,1-3H3/t10-/m0/s1. The zero-order valence-electron chi connectivity index (χ0n) is 8.50. The first-order valence-corrected chi connectivity index (χ1v) is 4.74. The number of carbonyl (C=O) groups excluding carboxylic acids is 1. The lowest BCUT2D eigenvalue weighted by Gasteiger charge is -2.09. The van der Waals surface area contributed by atoms with Crippen LogP contribution in [0.5, 0.6) is 0 Å². The van der Waals surface area contributed by atoms with Crippen LogP contribution in [0.2, 0.25) is 0 Å². The van der Waals surface area contributed by atoms with Gasteiger partial charge >= 0.3 is 0 Å². The van der Waals surface area contributed by atoms with Crippen molar-refractivity contribution in [3.05, 3.63) is 35.4 Å². The van der Waals surface area contributed by atoms with Gasteiger partial charge in [0.15, 0.2) is 0 Å². The van der Waals surface area contributed by atoms with Gasteiger partial charge in [0.1, 0.15) is 5.78 Å². The lowest BCUT2D eigenvalue weighted by atomic mass is 9.94. The molecule has 1 heteroatoms. The minimum atomic E-state index is 0.0462. The topological polar surface area (TPSA) is 17.1 Å². The Bertz CT molecular complexity index is 302. The van der Waals surface area contributed by atoms with Crippen LogP contribution in [0, 0.1) is 6.92 Å². The summed E-state index contributed by atoms with van der Waals surface area (Å²) in [5, 5.41) is 0. The molecule has 0 amide bonds. The Morgan fingerprint density at radius 2 is 2.15 bits per heavy atom. The highest BCUT2D eigenvalue weighted by molar-refractivity contribution is 5.85. The zero-order valence-corrected chi connectivity index (χ0v) is 8.50. The van der Waals surface area contributed by atoms with E-state index in [0.717, 1.165) is 5.56 Å². The predicted molar refractivity (Wildman–Crippen MR) is 54.9 cm³/mol. The molecule has 1 atom stereocenters. The van der Waals surface area contributed by atoms with Gasteiger partial charge in [-0.2, -0.15) is 0 Å². The van der Waals surface area contributed by atoms with Gasteiger partial charge in [0.2, 0.25) is 0 Å². The van der Waals surface area contributed by atoms with Gasteiger partial charge in [-0.15, -0.1) is 0 Å². The molecule has 0 aliphatic carbocycles. The van der Waals surface area contributed by atoms with Crippen molar-refractivity contribution in [1.29, 1.82) is 0 Å². The molecule has 0 unspecified atom stereocenters. The molecule has 0 spiro atoms. The van der Waals surface area contributed by atoms with E-state index in [4.69, 9.17) is 0 Å². The highest BCUT2D eigenvalue weighted by Crippen LogP contribution is 2.18. The summed E-state index contributed by atoms with van der Waals surface area (Å²) in [6, 6.07) is 8.15. The Labute approximate surface area is 79.8 Å². The van der Waals surface area contributed by atoms with E-state index >= 15 is 0 Å². The zero-order chi connectivity index (χ0) is 9.84. The molecule has 0 radical (unpaired) electrons. The van der Waals surface area contributed by atoms with Gasteiger partial charge in [0.05, 0.1) is 0 Å². The van der Waals surface area contributed by atoms with Gasteiger partial charge in [-0.1, -0.05) is 43.7 Å². The summed E-state index contributed by atoms with van der Waals surface area (Å²) in [4.78, 5) is 11.4. The van der Waals surface area contributed by atoms with Gasteiger partial charge in [-0.3, -0.25) is 4.79 Å². The number of hydrogen-bond donors (Lipinski definition) is 0. The summed E-state index contributed by atoms with van der Waals surface area (Å²) in [5.74, 6) is 0.357. The first kappa shape index (κ1) is 9.97. The number of Topliss-reactive ketones (excluding diaryl/α,β-unsaturated/α-hetero) is 1. The van der Waals surface area contributed by atoms with Crippen molar-refractivity contribution in [3.63, 3.8) is 0 Å². The van der Waals surface area contributed by atoms with Crippen LogP contribution in [0.25, 0.3) is 0 Å². The molecule has 0 saturated heterocycles. The molecule has 1 nitrogen and oxygen atoms in total. The van der Waals surface area contributed by atoms with Crippen LogP contribution in [-0.2, 0) is 4.79 Å². The normalized spacial score (nSPS) is 12.5. The molecule has 0 aliphatic heterocycles. The first-order chi connectivity index (χ1) is 6.15. The van der Waals surface area contributed by atoms with E-state index < -0.39 is 0 Å². The van der Waals surface area contributed by atoms with Crippen LogP contribution >= 0.6 is 0 Å². The minimum absolute atomic E-state index is 0.0462. The summed E-state index contributed by atoms with van der Waals surface area (Å²) in [6.07, 6.45) is 0.620. The Morgan fingerprint density at radius 1 is 1.46 bits per heavy atom. The monoisotopic (exact) mass is 176 g/mol. The first-order valence-electron chi connectivity index (χ1n) is 4.74. The fraction of sp³-hybridized carbons (Fsp3) is 0.417. The predicted octanol–water partition coefficient (Wildman–Crippen LogP) is 3.08. The van der Waals surface area contributed by atoms with E-state index in [9.17, 15) is 4.79 Å². The molecule has 13 heavy (non-hydrogen) atoms. The molecule has 0 bridgehead atoms. The molecule has 0 fully saturated rings. The number of aryl methyl sites for hydroxylation is 1. The molecule has 1 aromatic rings. The third-order valence-corrected chi connectivity index (χ3v) is 2.37. The van der Waals surface area contributed by atoms with Crippen LogP contribution in [0.3, 0.4) is 0 Å². The van der Waals surface area contributed by atoms with Crippen LogP contribution in [0.4, 0.5) is 0 Å². The third-order valence-electron chi connectivity index (χ3n) is 2.37. The molecular weight excluding hydrogens is 160 g/mol. The summed E-state index contributed by atoms with van der Waals surface area (Å²) in [5.41, 5.74) is 2.35. The number of hydrogen-bond acceptors (Lipinski definition) is 1. The summed E-state index contributed by atoms with van der Waals surface area (Å²) in [6.45, 7) is 5.93. The Morgan fingerprint density at radius 3 is 2.69 bits per heavy atom. The Hall–Kier alpha value is -1.11. The Balaban J connectivity index is 2.88. The maximum Gasteiger partial charge on any atom is 0.139 e. The van der Waals surface area contributed by atoms with Crippen LogP contribution in [0.15, 0.2) is 24.3 Å². The highest BCUT2D eigenvalue weighted by atomic mass is 16.1. The smallest absolute Gasteiger partial charge is 0.139 e. The average molecular weight is 176 g/mol. The molecule has 1 aromatic carbocycles. The molecule has 0 aliphatic rings. The van der Waals surface area contributed by atoms with E-state index in [1.165, 1.54) is 5.56 Å². The molecular formula is C12H16O. The number of ketones is 1. The highest BCUT2D eigenvalue weighted by Gasteiger charge is 2.12. The average Bonchev–Trinajstić information content (AvgIpc) is 2.15. The lowest BCUT2D eigenvalue weighted by Crippen LogP contribution is -2.07. The second-order valence-corrected chi connectivity index (χ2v) is 3.46. The summed E-state index contributed by atoms with van der Waals surface area (Å²) in [7, 11) is 0. The van der Waals surface area contributed by atoms with E-state index in [1.54, 1.807) is 0 Å². The van der Waals surface area contributed by atoms with Crippen LogP contribution in [0.1, 0.15) is 37.3 Å². The van der Waals surface area contributed by atoms with Crippen molar-refractivity contribution in [2.45, 2.75) is 33.1 Å². The van der Waals surface area contributed by atoms with Crippen molar-refractivity contribution in [2.24, 2.45) is 0 Å². The maximum atomic E-state index is 11.4. The van der Waals surface area contributed by atoms with E-state index in [1.807, 2.05) is 39.0 Å². The fourth-order valence-corrected chi connectivity index (χ4v) is 1.43.